The Morgan fingerprint density at radius 3 is 1.57 bits per heavy atom. The third-order valence-corrected chi connectivity index (χ3v) is 5.38. The molecular formula is C22H30O6. The zero-order chi connectivity index (χ0) is 19.6. The standard InChI is InChI=1S/C22H30O6/c23-21(17-6-1-2-7-17)27-14-12-25-19-10-5-11-20(16-19)26-13-15-28-22(24)18-8-3-4-9-18/h5,10-11,16-18H,1-4,6-9,12-15H2. The molecule has 2 saturated carbocycles. The molecule has 0 atom stereocenters. The van der Waals surface area contributed by atoms with Crippen molar-refractivity contribution in [1.29, 1.82) is 0 Å². The molecule has 0 spiro atoms. The number of hydrogen-bond acceptors (Lipinski definition) is 6. The zero-order valence-corrected chi connectivity index (χ0v) is 16.4. The quantitative estimate of drug-likeness (QED) is 0.446. The van der Waals surface area contributed by atoms with Crippen molar-refractivity contribution in [2.45, 2.75) is 51.4 Å². The van der Waals surface area contributed by atoms with Crippen LogP contribution in [0, 0.1) is 11.8 Å². The molecule has 6 nitrogen and oxygen atoms in total. The summed E-state index contributed by atoms with van der Waals surface area (Å²) in [5.41, 5.74) is 0. The van der Waals surface area contributed by atoms with Crippen LogP contribution < -0.4 is 9.47 Å². The molecule has 1 aromatic carbocycles. The largest absolute Gasteiger partial charge is 0.490 e. The average Bonchev–Trinajstić information content (AvgIpc) is 3.42. The number of benzene rings is 1. The maximum absolute atomic E-state index is 11.9. The monoisotopic (exact) mass is 390 g/mol. The second-order valence-electron chi connectivity index (χ2n) is 7.47. The van der Waals surface area contributed by atoms with Gasteiger partial charge in [-0.15, -0.1) is 0 Å². The summed E-state index contributed by atoms with van der Waals surface area (Å²) in [6.07, 6.45) is 8.21. The van der Waals surface area contributed by atoms with Crippen LogP contribution in [0.15, 0.2) is 24.3 Å². The fraction of sp³-hybridized carbons (Fsp3) is 0.636. The third kappa shape index (κ3) is 6.43. The molecule has 1 aromatic rings. The molecule has 0 unspecified atom stereocenters. The maximum atomic E-state index is 11.9. The van der Waals surface area contributed by atoms with Gasteiger partial charge in [0.05, 0.1) is 11.8 Å². The second kappa shape index (κ2) is 10.9. The Kier molecular flexibility index (Phi) is 8.00. The van der Waals surface area contributed by atoms with Crippen LogP contribution in [-0.2, 0) is 19.1 Å². The van der Waals surface area contributed by atoms with Gasteiger partial charge in [0.2, 0.25) is 0 Å². The highest BCUT2D eigenvalue weighted by Gasteiger charge is 2.24. The molecule has 0 aromatic heterocycles. The van der Waals surface area contributed by atoms with E-state index in [2.05, 4.69) is 0 Å². The predicted molar refractivity (Wildman–Crippen MR) is 103 cm³/mol. The summed E-state index contributed by atoms with van der Waals surface area (Å²) in [6, 6.07) is 7.26. The van der Waals surface area contributed by atoms with E-state index in [0.717, 1.165) is 51.4 Å². The molecule has 0 amide bonds. The Balaban J connectivity index is 1.29. The number of esters is 2. The number of carbonyl (C=O) groups is 2. The summed E-state index contributed by atoms with van der Waals surface area (Å²) in [4.78, 5) is 23.7. The molecule has 0 saturated heterocycles. The molecule has 3 rings (SSSR count). The van der Waals surface area contributed by atoms with E-state index in [9.17, 15) is 9.59 Å². The van der Waals surface area contributed by atoms with Gasteiger partial charge in [0, 0.05) is 6.07 Å². The second-order valence-corrected chi connectivity index (χ2v) is 7.47. The summed E-state index contributed by atoms with van der Waals surface area (Å²) >= 11 is 0. The molecular weight excluding hydrogens is 360 g/mol. The van der Waals surface area contributed by atoms with E-state index in [1.54, 1.807) is 6.07 Å². The highest BCUT2D eigenvalue weighted by Crippen LogP contribution is 2.26. The van der Waals surface area contributed by atoms with Crippen molar-refractivity contribution in [2.75, 3.05) is 26.4 Å². The number of hydrogen-bond donors (Lipinski definition) is 0. The van der Waals surface area contributed by atoms with Gasteiger partial charge in [0.1, 0.15) is 37.9 Å². The summed E-state index contributed by atoms with van der Waals surface area (Å²) in [7, 11) is 0. The molecule has 0 N–H and O–H groups in total. The lowest BCUT2D eigenvalue weighted by Crippen LogP contribution is -2.18. The lowest BCUT2D eigenvalue weighted by atomic mass is 10.1. The Hall–Kier alpha value is -2.24. The SMILES string of the molecule is O=C(OCCOc1cccc(OCCOC(=O)C2CCCC2)c1)C1CCCC1. The Labute approximate surface area is 166 Å². The molecule has 2 aliphatic rings. The van der Waals surface area contributed by atoms with Gasteiger partial charge in [0.15, 0.2) is 0 Å². The van der Waals surface area contributed by atoms with Crippen LogP contribution in [0.2, 0.25) is 0 Å². The number of carbonyl (C=O) groups excluding carboxylic acids is 2. The Morgan fingerprint density at radius 2 is 1.14 bits per heavy atom. The smallest absolute Gasteiger partial charge is 0.309 e. The van der Waals surface area contributed by atoms with E-state index >= 15 is 0 Å². The lowest BCUT2D eigenvalue weighted by Gasteiger charge is -2.12. The first kappa shape index (κ1) is 20.5. The van der Waals surface area contributed by atoms with Crippen molar-refractivity contribution in [2.24, 2.45) is 11.8 Å². The molecule has 2 fully saturated rings. The van der Waals surface area contributed by atoms with E-state index in [4.69, 9.17) is 18.9 Å². The molecule has 0 aliphatic heterocycles. The normalized spacial score (nSPS) is 17.4. The first-order valence-corrected chi connectivity index (χ1v) is 10.4. The van der Waals surface area contributed by atoms with Gasteiger partial charge >= 0.3 is 11.9 Å². The van der Waals surface area contributed by atoms with Crippen LogP contribution in [0.5, 0.6) is 11.5 Å². The van der Waals surface area contributed by atoms with Crippen LogP contribution in [0.1, 0.15) is 51.4 Å². The zero-order valence-electron chi connectivity index (χ0n) is 16.4. The van der Waals surface area contributed by atoms with Crippen LogP contribution in [-0.4, -0.2) is 38.4 Å². The van der Waals surface area contributed by atoms with Crippen LogP contribution in [0.25, 0.3) is 0 Å². The molecule has 0 radical (unpaired) electrons. The first-order chi connectivity index (χ1) is 13.7. The van der Waals surface area contributed by atoms with Gasteiger partial charge in [-0.1, -0.05) is 31.7 Å². The highest BCUT2D eigenvalue weighted by molar-refractivity contribution is 5.73. The topological polar surface area (TPSA) is 71.1 Å². The van der Waals surface area contributed by atoms with Gasteiger partial charge in [-0.2, -0.15) is 0 Å². The summed E-state index contributed by atoms with van der Waals surface area (Å²) in [5.74, 6) is 1.23. The van der Waals surface area contributed by atoms with Gasteiger partial charge in [0.25, 0.3) is 0 Å². The van der Waals surface area contributed by atoms with E-state index in [1.807, 2.05) is 18.2 Å². The molecule has 0 bridgehead atoms. The average molecular weight is 390 g/mol. The Morgan fingerprint density at radius 1 is 0.714 bits per heavy atom. The van der Waals surface area contributed by atoms with E-state index in [1.165, 1.54) is 0 Å². The summed E-state index contributed by atoms with van der Waals surface area (Å²) in [6.45, 7) is 1.11. The summed E-state index contributed by atoms with van der Waals surface area (Å²) < 4.78 is 21.8. The minimum atomic E-state index is -0.106. The van der Waals surface area contributed by atoms with Crippen molar-refractivity contribution < 1.29 is 28.5 Å². The fourth-order valence-corrected chi connectivity index (χ4v) is 3.82. The molecule has 154 valence electrons. The number of rotatable bonds is 10. The van der Waals surface area contributed by atoms with Gasteiger partial charge in [-0.05, 0) is 37.8 Å². The highest BCUT2D eigenvalue weighted by atomic mass is 16.6. The number of ether oxygens (including phenoxy) is 4. The fourth-order valence-electron chi connectivity index (χ4n) is 3.82. The molecule has 28 heavy (non-hydrogen) atoms. The lowest BCUT2D eigenvalue weighted by molar-refractivity contribution is -0.149. The van der Waals surface area contributed by atoms with Gasteiger partial charge in [-0.25, -0.2) is 0 Å². The van der Waals surface area contributed by atoms with Crippen molar-refractivity contribution in [1.82, 2.24) is 0 Å². The van der Waals surface area contributed by atoms with Crippen molar-refractivity contribution in [3.8, 4) is 11.5 Å². The predicted octanol–water partition coefficient (Wildman–Crippen LogP) is 3.91. The van der Waals surface area contributed by atoms with Crippen LogP contribution in [0.3, 0.4) is 0 Å². The molecule has 6 heteroatoms. The van der Waals surface area contributed by atoms with E-state index < -0.39 is 0 Å². The first-order valence-electron chi connectivity index (χ1n) is 10.4. The van der Waals surface area contributed by atoms with Gasteiger partial charge in [-0.3, -0.25) is 9.59 Å². The molecule has 2 aliphatic carbocycles. The van der Waals surface area contributed by atoms with Crippen molar-refractivity contribution in [3.05, 3.63) is 24.3 Å². The van der Waals surface area contributed by atoms with Crippen LogP contribution >= 0.6 is 0 Å². The third-order valence-electron chi connectivity index (χ3n) is 5.38. The Bertz CT molecular complexity index is 580. The van der Waals surface area contributed by atoms with Crippen LogP contribution in [0.4, 0.5) is 0 Å². The maximum Gasteiger partial charge on any atom is 0.309 e. The van der Waals surface area contributed by atoms with E-state index in [-0.39, 0.29) is 37.0 Å². The van der Waals surface area contributed by atoms with Crippen molar-refractivity contribution in [3.63, 3.8) is 0 Å². The molecule has 0 heterocycles. The minimum absolute atomic E-state index is 0.0690. The van der Waals surface area contributed by atoms with Gasteiger partial charge < -0.3 is 18.9 Å². The van der Waals surface area contributed by atoms with E-state index in [0.29, 0.717) is 24.7 Å². The minimum Gasteiger partial charge on any atom is -0.490 e. The van der Waals surface area contributed by atoms with Crippen molar-refractivity contribution >= 4 is 11.9 Å². The summed E-state index contributed by atoms with van der Waals surface area (Å²) in [5, 5.41) is 0.